The van der Waals surface area contributed by atoms with Crippen LogP contribution in [0, 0.1) is 0 Å². The molecule has 0 bridgehead atoms. The van der Waals surface area contributed by atoms with Gasteiger partial charge in [0.25, 0.3) is 0 Å². The third-order valence-electron chi connectivity index (χ3n) is 0.847. The van der Waals surface area contributed by atoms with Crippen molar-refractivity contribution in [2.75, 3.05) is 6.38 Å². The van der Waals surface area contributed by atoms with Gasteiger partial charge in [-0.3, -0.25) is 4.79 Å². The Morgan fingerprint density at radius 1 is 1.55 bits per heavy atom. The first-order valence-electron chi connectivity index (χ1n) is 2.50. The van der Waals surface area contributed by atoms with Gasteiger partial charge in [0.05, 0.1) is 6.42 Å². The summed E-state index contributed by atoms with van der Waals surface area (Å²) in [6, 6.07) is 0. The van der Waals surface area contributed by atoms with Crippen molar-refractivity contribution in [1.82, 2.24) is 6.15 Å². The maximum atomic E-state index is 10.1. The molecule has 1 heterocycles. The van der Waals surface area contributed by atoms with Gasteiger partial charge in [0.15, 0.2) is 6.10 Å². The monoisotopic (exact) mass is 183 g/mol. The number of cyclic esters (lactones) is 2. The van der Waals surface area contributed by atoms with Gasteiger partial charge in [-0.15, -0.1) is 11.6 Å². The molecule has 0 aromatic rings. The Morgan fingerprint density at radius 3 is 2.09 bits per heavy atom. The fourth-order valence-electron chi connectivity index (χ4n) is 0.463. The van der Waals surface area contributed by atoms with Crippen LogP contribution in [0.3, 0.4) is 0 Å². The molecular formula is C5H10ClNO4. The summed E-state index contributed by atoms with van der Waals surface area (Å²) in [5.41, 5.74) is 0. The molecule has 0 amide bonds. The molecule has 0 spiro atoms. The zero-order valence-corrected chi connectivity index (χ0v) is 6.80. The van der Waals surface area contributed by atoms with Crippen molar-refractivity contribution in [1.29, 1.82) is 0 Å². The van der Waals surface area contributed by atoms with Crippen LogP contribution in [-0.4, -0.2) is 29.5 Å². The Bertz CT molecular complexity index is 149. The Morgan fingerprint density at radius 2 is 2.00 bits per heavy atom. The average molecular weight is 184 g/mol. The van der Waals surface area contributed by atoms with Crippen LogP contribution in [0.4, 0.5) is 0 Å². The van der Waals surface area contributed by atoms with Gasteiger partial charge in [-0.1, -0.05) is 0 Å². The minimum absolute atomic E-state index is 0. The first-order chi connectivity index (χ1) is 4.70. The maximum Gasteiger partial charge on any atom is 0.343 e. The van der Waals surface area contributed by atoms with Gasteiger partial charge in [0, 0.05) is 6.38 Å². The summed E-state index contributed by atoms with van der Waals surface area (Å²) in [6.45, 7) is 0. The molecule has 1 fully saturated rings. The highest BCUT2D eigenvalue weighted by Crippen LogP contribution is 2.05. The number of alkyl halides is 1. The van der Waals surface area contributed by atoms with E-state index in [0.717, 1.165) is 0 Å². The molecule has 66 valence electrons. The highest BCUT2D eigenvalue weighted by Gasteiger charge is 2.30. The van der Waals surface area contributed by atoms with E-state index < -0.39 is 18.0 Å². The fraction of sp³-hybridized carbons (Fsp3) is 0.600. The van der Waals surface area contributed by atoms with E-state index in [2.05, 4.69) is 16.3 Å². The Balaban J connectivity index is 0. The van der Waals surface area contributed by atoms with Gasteiger partial charge in [-0.2, -0.15) is 0 Å². The zero-order chi connectivity index (χ0) is 8.15. The molecule has 0 aromatic carbocycles. The molecular weight excluding hydrogens is 174 g/mol. The average Bonchev–Trinajstić information content (AvgIpc) is 2.16. The van der Waals surface area contributed by atoms with Crippen LogP contribution in [0.25, 0.3) is 0 Å². The van der Waals surface area contributed by atoms with Crippen LogP contribution in [0.1, 0.15) is 6.42 Å². The van der Waals surface area contributed by atoms with Crippen molar-refractivity contribution >= 4 is 23.5 Å². The van der Waals surface area contributed by atoms with E-state index in [4.69, 9.17) is 5.11 Å². The van der Waals surface area contributed by atoms with Gasteiger partial charge in [-0.25, -0.2) is 4.79 Å². The number of hydrogen-bond donors (Lipinski definition) is 2. The predicted molar refractivity (Wildman–Crippen MR) is 38.5 cm³/mol. The summed E-state index contributed by atoms with van der Waals surface area (Å²) in [4.78, 5) is 20.2. The molecule has 1 atom stereocenters. The number of carbonyl (C=O) groups excluding carboxylic acids is 2. The molecule has 0 radical (unpaired) electrons. The molecule has 1 aliphatic heterocycles. The number of aliphatic hydroxyl groups excluding tert-OH is 1. The van der Waals surface area contributed by atoms with Gasteiger partial charge in [-0.05, 0) is 0 Å². The Hall–Kier alpha value is -0.650. The molecule has 1 saturated heterocycles. The second-order valence-electron chi connectivity index (χ2n) is 1.51. The third-order valence-corrected chi connectivity index (χ3v) is 0.847. The summed E-state index contributed by atoms with van der Waals surface area (Å²) >= 11 is 4.64. The van der Waals surface area contributed by atoms with E-state index in [1.54, 1.807) is 0 Å². The standard InChI is InChI=1S/C4H4O4.CH3Cl.H3N/c5-2-1-3(6)8-4(2)7;1-2;/h2,5H,1H2;1H3;1H3. The summed E-state index contributed by atoms with van der Waals surface area (Å²) in [5.74, 6) is -1.49. The number of esters is 2. The molecule has 0 aromatic heterocycles. The second-order valence-corrected chi connectivity index (χ2v) is 1.51. The minimum atomic E-state index is -1.22. The van der Waals surface area contributed by atoms with Gasteiger partial charge in [0.2, 0.25) is 0 Å². The summed E-state index contributed by atoms with van der Waals surface area (Å²) < 4.78 is 3.95. The van der Waals surface area contributed by atoms with Crippen molar-refractivity contribution in [2.24, 2.45) is 0 Å². The van der Waals surface area contributed by atoms with Crippen molar-refractivity contribution < 1.29 is 19.4 Å². The van der Waals surface area contributed by atoms with E-state index in [1.807, 2.05) is 0 Å². The number of hydrogen-bond acceptors (Lipinski definition) is 5. The number of rotatable bonds is 0. The third kappa shape index (κ3) is 3.92. The van der Waals surface area contributed by atoms with Gasteiger partial charge < -0.3 is 16.0 Å². The fourth-order valence-corrected chi connectivity index (χ4v) is 0.463. The van der Waals surface area contributed by atoms with Crippen LogP contribution in [0.2, 0.25) is 0 Å². The molecule has 1 rings (SSSR count). The zero-order valence-electron chi connectivity index (χ0n) is 6.04. The Kier molecular flexibility index (Phi) is 7.18. The summed E-state index contributed by atoms with van der Waals surface area (Å²) in [6.07, 6.45) is 0.0567. The molecule has 6 heteroatoms. The van der Waals surface area contributed by atoms with Crippen LogP contribution in [-0.2, 0) is 14.3 Å². The first-order valence-corrected chi connectivity index (χ1v) is 3.26. The van der Waals surface area contributed by atoms with Crippen molar-refractivity contribution in [3.05, 3.63) is 0 Å². The quantitative estimate of drug-likeness (QED) is 0.309. The lowest BCUT2D eigenvalue weighted by molar-refractivity contribution is -0.154. The lowest BCUT2D eigenvalue weighted by Crippen LogP contribution is -2.11. The van der Waals surface area contributed by atoms with Crippen LogP contribution >= 0.6 is 11.6 Å². The SMILES string of the molecule is CCl.N.O=C1CC(O)C(=O)O1. The van der Waals surface area contributed by atoms with E-state index in [0.29, 0.717) is 0 Å². The highest BCUT2D eigenvalue weighted by molar-refractivity contribution is 6.15. The smallest absolute Gasteiger partial charge is 0.343 e. The van der Waals surface area contributed by atoms with Crippen LogP contribution < -0.4 is 6.15 Å². The number of carbonyl (C=O) groups is 2. The number of halogens is 1. The van der Waals surface area contributed by atoms with Crippen molar-refractivity contribution in [3.8, 4) is 0 Å². The van der Waals surface area contributed by atoms with Crippen LogP contribution in [0.5, 0.6) is 0 Å². The van der Waals surface area contributed by atoms with E-state index >= 15 is 0 Å². The maximum absolute atomic E-state index is 10.1. The van der Waals surface area contributed by atoms with Crippen molar-refractivity contribution in [2.45, 2.75) is 12.5 Å². The molecule has 4 N–H and O–H groups in total. The van der Waals surface area contributed by atoms with E-state index in [9.17, 15) is 9.59 Å². The lowest BCUT2D eigenvalue weighted by atomic mass is 10.3. The molecule has 1 unspecified atom stereocenters. The topological polar surface area (TPSA) is 98.6 Å². The predicted octanol–water partition coefficient (Wildman–Crippen LogP) is -0.162. The second kappa shape index (κ2) is 6.09. The lowest BCUT2D eigenvalue weighted by Gasteiger charge is -1.86. The molecule has 0 aliphatic carbocycles. The largest absolute Gasteiger partial charge is 0.391 e. The van der Waals surface area contributed by atoms with Crippen LogP contribution in [0.15, 0.2) is 0 Å². The minimum Gasteiger partial charge on any atom is -0.391 e. The van der Waals surface area contributed by atoms with E-state index in [-0.39, 0.29) is 12.6 Å². The molecule has 0 saturated carbocycles. The van der Waals surface area contributed by atoms with Crippen molar-refractivity contribution in [3.63, 3.8) is 0 Å². The number of aliphatic hydroxyl groups is 1. The molecule has 5 nitrogen and oxygen atoms in total. The Labute approximate surface area is 68.9 Å². The molecule has 11 heavy (non-hydrogen) atoms. The normalized spacial score (nSPS) is 21.2. The van der Waals surface area contributed by atoms with Gasteiger partial charge >= 0.3 is 11.9 Å². The summed E-state index contributed by atoms with van der Waals surface area (Å²) in [7, 11) is 0. The first kappa shape index (κ1) is 13.0. The summed E-state index contributed by atoms with van der Waals surface area (Å²) in [5, 5.41) is 8.47. The van der Waals surface area contributed by atoms with E-state index in [1.165, 1.54) is 6.38 Å². The van der Waals surface area contributed by atoms with Gasteiger partial charge in [0.1, 0.15) is 0 Å². The number of ether oxygens (including phenoxy) is 1. The highest BCUT2D eigenvalue weighted by atomic mass is 35.5. The molecule has 1 aliphatic rings.